The van der Waals surface area contributed by atoms with Crippen LogP contribution in [0.2, 0.25) is 0 Å². The van der Waals surface area contributed by atoms with Crippen LogP contribution in [0.3, 0.4) is 0 Å². The largest absolute Gasteiger partial charge is 0.859 e. The lowest BCUT2D eigenvalue weighted by Gasteiger charge is -1.96. The summed E-state index contributed by atoms with van der Waals surface area (Å²) in [7, 11) is 1.91. The first kappa shape index (κ1) is 6.46. The molecule has 1 atom stereocenters. The monoisotopic (exact) mass is 114 g/mol. The van der Waals surface area contributed by atoms with Crippen LogP contribution >= 0.6 is 9.24 Å². The summed E-state index contributed by atoms with van der Waals surface area (Å²) in [4.78, 5) is 3.33. The molecule has 7 heavy (non-hydrogen) atoms. The van der Waals surface area contributed by atoms with Crippen molar-refractivity contribution < 1.29 is 5.11 Å². The van der Waals surface area contributed by atoms with Crippen LogP contribution in [0.4, 0.5) is 0 Å². The van der Waals surface area contributed by atoms with Crippen LogP contribution < -0.4 is 5.11 Å². The van der Waals surface area contributed by atoms with E-state index in [1.54, 1.807) is 0 Å². The fourth-order valence-corrected chi connectivity index (χ4v) is 0.215. The van der Waals surface area contributed by atoms with Crippen molar-refractivity contribution in [1.29, 1.82) is 0 Å². The molecular formula is C4H5NOP-. The maximum Gasteiger partial charge on any atom is 0.0987 e. The molecular weight excluding hydrogens is 109 g/mol. The summed E-state index contributed by atoms with van der Waals surface area (Å²) >= 11 is 0. The minimum absolute atomic E-state index is 0.183. The van der Waals surface area contributed by atoms with Gasteiger partial charge in [0.1, 0.15) is 0 Å². The van der Waals surface area contributed by atoms with E-state index in [1.165, 1.54) is 0 Å². The molecule has 0 saturated heterocycles. The highest BCUT2D eigenvalue weighted by molar-refractivity contribution is 7.39. The molecule has 0 aliphatic carbocycles. The first-order valence-corrected chi connectivity index (χ1v) is 2.25. The molecule has 0 aromatic carbocycles. The van der Waals surface area contributed by atoms with Crippen molar-refractivity contribution in [2.45, 2.75) is 0 Å². The van der Waals surface area contributed by atoms with Crippen molar-refractivity contribution in [2.75, 3.05) is 6.54 Å². The predicted molar refractivity (Wildman–Crippen MR) is 30.8 cm³/mol. The Morgan fingerprint density at radius 2 is 2.57 bits per heavy atom. The molecule has 2 nitrogen and oxygen atoms in total. The molecule has 0 aromatic heterocycles. The van der Waals surface area contributed by atoms with Gasteiger partial charge in [0.25, 0.3) is 0 Å². The van der Waals surface area contributed by atoms with Gasteiger partial charge in [0, 0.05) is 0 Å². The number of aliphatic imine (C=N–C) groups is 1. The summed E-state index contributed by atoms with van der Waals surface area (Å²) in [5.74, 6) is 2.20. The van der Waals surface area contributed by atoms with Crippen LogP contribution in [0.15, 0.2) is 4.99 Å². The number of nitrogens with zero attached hydrogens (tertiary/aromatic N) is 1. The van der Waals surface area contributed by atoms with Crippen LogP contribution in [-0.2, 0) is 0 Å². The molecule has 0 aliphatic heterocycles. The fourth-order valence-electron chi connectivity index (χ4n) is 0.124. The zero-order valence-electron chi connectivity index (χ0n) is 3.72. The lowest BCUT2D eigenvalue weighted by molar-refractivity contribution is -0.206. The molecule has 0 fully saturated rings. The SMILES string of the molecule is C#CCN=C([O-])P. The van der Waals surface area contributed by atoms with E-state index in [0.717, 1.165) is 0 Å². The lowest BCUT2D eigenvalue weighted by Crippen LogP contribution is -2.07. The van der Waals surface area contributed by atoms with Crippen LogP contribution in [0.1, 0.15) is 0 Å². The van der Waals surface area contributed by atoms with Gasteiger partial charge in [0.15, 0.2) is 0 Å². The van der Waals surface area contributed by atoms with Crippen molar-refractivity contribution in [1.82, 2.24) is 0 Å². The third-order valence-electron chi connectivity index (χ3n) is 0.326. The molecule has 0 bridgehead atoms. The van der Waals surface area contributed by atoms with Crippen LogP contribution in [0.25, 0.3) is 0 Å². The molecule has 0 N–H and O–H groups in total. The molecule has 0 aromatic rings. The molecule has 0 spiro atoms. The van der Waals surface area contributed by atoms with Gasteiger partial charge in [0.05, 0.1) is 6.54 Å². The number of rotatable bonds is 1. The Morgan fingerprint density at radius 1 is 2.00 bits per heavy atom. The van der Waals surface area contributed by atoms with Gasteiger partial charge in [-0.3, -0.25) is 4.99 Å². The molecule has 38 valence electrons. The van der Waals surface area contributed by atoms with E-state index in [4.69, 9.17) is 6.42 Å². The van der Waals surface area contributed by atoms with E-state index < -0.39 is 0 Å². The normalized spacial score (nSPS) is 10.6. The maximum atomic E-state index is 9.90. The molecule has 1 unspecified atom stereocenters. The van der Waals surface area contributed by atoms with E-state index in [2.05, 4.69) is 10.9 Å². The van der Waals surface area contributed by atoms with Gasteiger partial charge < -0.3 is 5.11 Å². The summed E-state index contributed by atoms with van der Waals surface area (Å²) in [5, 5.41) is 9.90. The predicted octanol–water partition coefficient (Wildman–Crippen LogP) is -0.789. The molecule has 0 rings (SSSR count). The van der Waals surface area contributed by atoms with E-state index in [-0.39, 0.29) is 12.2 Å². The Balaban J connectivity index is 3.32. The Labute approximate surface area is 44.9 Å². The Kier molecular flexibility index (Phi) is 3.36. The molecule has 0 amide bonds. The van der Waals surface area contributed by atoms with Gasteiger partial charge in [-0.05, 0) is 5.64 Å². The fraction of sp³-hybridized carbons (Fsp3) is 0.250. The first-order chi connectivity index (χ1) is 3.27. The van der Waals surface area contributed by atoms with Crippen molar-refractivity contribution in [3.8, 4) is 12.3 Å². The summed E-state index contributed by atoms with van der Waals surface area (Å²) in [6, 6.07) is 0. The molecule has 3 heteroatoms. The van der Waals surface area contributed by atoms with Crippen molar-refractivity contribution in [3.63, 3.8) is 0 Å². The van der Waals surface area contributed by atoms with Gasteiger partial charge in [-0.15, -0.1) is 15.7 Å². The van der Waals surface area contributed by atoms with Crippen LogP contribution in [0, 0.1) is 12.3 Å². The van der Waals surface area contributed by atoms with E-state index >= 15 is 0 Å². The molecule has 0 radical (unpaired) electrons. The second kappa shape index (κ2) is 3.64. The van der Waals surface area contributed by atoms with Gasteiger partial charge in [-0.25, -0.2) is 0 Å². The second-order valence-electron chi connectivity index (χ2n) is 0.859. The van der Waals surface area contributed by atoms with Gasteiger partial charge in [-0.1, -0.05) is 5.92 Å². The van der Waals surface area contributed by atoms with Crippen molar-refractivity contribution >= 4 is 14.9 Å². The Morgan fingerprint density at radius 3 is 2.71 bits per heavy atom. The minimum atomic E-state index is -0.294. The lowest BCUT2D eigenvalue weighted by atomic mass is 10.7. The summed E-state index contributed by atoms with van der Waals surface area (Å²) < 4.78 is 0. The Bertz CT molecular complexity index is 109. The highest BCUT2D eigenvalue weighted by Gasteiger charge is 1.63. The average Bonchev–Trinajstić information content (AvgIpc) is 1.61. The topological polar surface area (TPSA) is 35.4 Å². The Hall–Kier alpha value is -0.540. The van der Waals surface area contributed by atoms with Gasteiger partial charge in [0.2, 0.25) is 0 Å². The third kappa shape index (κ3) is 5.46. The first-order valence-electron chi connectivity index (χ1n) is 1.67. The second-order valence-corrected chi connectivity index (χ2v) is 1.35. The highest BCUT2D eigenvalue weighted by Crippen LogP contribution is 1.77. The standard InChI is InChI=1S/C4H6NOP/c1-2-3-5-4(6)7/h1H,3,7H2,(H,5,6)/p-1. The van der Waals surface area contributed by atoms with E-state index in [0.29, 0.717) is 0 Å². The van der Waals surface area contributed by atoms with Gasteiger partial charge >= 0.3 is 0 Å². The average molecular weight is 114 g/mol. The van der Waals surface area contributed by atoms with Crippen LogP contribution in [-0.4, -0.2) is 12.2 Å². The van der Waals surface area contributed by atoms with E-state index in [1.807, 2.05) is 9.24 Å². The summed E-state index contributed by atoms with van der Waals surface area (Å²) in [5.41, 5.74) is -0.294. The van der Waals surface area contributed by atoms with Gasteiger partial charge in [-0.2, -0.15) is 0 Å². The minimum Gasteiger partial charge on any atom is -0.859 e. The number of terminal acetylenes is 1. The number of hydrogen-bond donors (Lipinski definition) is 0. The highest BCUT2D eigenvalue weighted by atomic mass is 31.0. The summed E-state index contributed by atoms with van der Waals surface area (Å²) in [6.07, 6.45) is 4.77. The summed E-state index contributed by atoms with van der Waals surface area (Å²) in [6.45, 7) is 0.183. The smallest absolute Gasteiger partial charge is 0.0987 e. The van der Waals surface area contributed by atoms with Crippen molar-refractivity contribution in [2.24, 2.45) is 4.99 Å². The number of hydrogen-bond acceptors (Lipinski definition) is 2. The maximum absolute atomic E-state index is 9.90. The quantitative estimate of drug-likeness (QED) is 0.190. The zero-order chi connectivity index (χ0) is 5.70. The van der Waals surface area contributed by atoms with Crippen molar-refractivity contribution in [3.05, 3.63) is 0 Å². The van der Waals surface area contributed by atoms with E-state index in [9.17, 15) is 5.11 Å². The zero-order valence-corrected chi connectivity index (χ0v) is 4.87. The molecule has 0 heterocycles. The third-order valence-corrected chi connectivity index (χ3v) is 0.509. The molecule has 0 aliphatic rings. The van der Waals surface area contributed by atoms with Crippen LogP contribution in [0.5, 0.6) is 0 Å². The molecule has 0 saturated carbocycles.